The first kappa shape index (κ1) is 16.0. The third-order valence-corrected chi connectivity index (χ3v) is 3.84. The molecule has 0 aliphatic rings. The van der Waals surface area contributed by atoms with Crippen LogP contribution in [0.15, 0.2) is 54.6 Å². The molecule has 1 N–H and O–H groups in total. The SMILES string of the molecule is CC(C)(C)CNc1nc2c(-c3ccccc3)cccc2cc1C#N. The Hall–Kier alpha value is -2.86. The van der Waals surface area contributed by atoms with E-state index in [1.807, 2.05) is 36.4 Å². The highest BCUT2D eigenvalue weighted by molar-refractivity contribution is 5.95. The van der Waals surface area contributed by atoms with Crippen LogP contribution in [0.25, 0.3) is 22.0 Å². The topological polar surface area (TPSA) is 48.7 Å². The van der Waals surface area contributed by atoms with Gasteiger partial charge in [-0.1, -0.05) is 69.3 Å². The molecule has 0 aliphatic heterocycles. The van der Waals surface area contributed by atoms with Gasteiger partial charge in [-0.2, -0.15) is 5.26 Å². The van der Waals surface area contributed by atoms with Crippen molar-refractivity contribution < 1.29 is 0 Å². The molecule has 0 amide bonds. The van der Waals surface area contributed by atoms with Gasteiger partial charge in [0.05, 0.1) is 11.1 Å². The van der Waals surface area contributed by atoms with Gasteiger partial charge >= 0.3 is 0 Å². The zero-order valence-electron chi connectivity index (χ0n) is 14.3. The second kappa shape index (κ2) is 6.33. The lowest BCUT2D eigenvalue weighted by atomic mass is 9.97. The van der Waals surface area contributed by atoms with Gasteiger partial charge in [0.1, 0.15) is 11.9 Å². The summed E-state index contributed by atoms with van der Waals surface area (Å²) in [6, 6.07) is 20.5. The molecule has 0 aliphatic carbocycles. The maximum absolute atomic E-state index is 9.46. The molecule has 0 atom stereocenters. The molecule has 3 nitrogen and oxygen atoms in total. The van der Waals surface area contributed by atoms with Crippen molar-refractivity contribution in [2.24, 2.45) is 5.41 Å². The third-order valence-electron chi connectivity index (χ3n) is 3.84. The summed E-state index contributed by atoms with van der Waals surface area (Å²) in [5.74, 6) is 0.656. The fraction of sp³-hybridized carbons (Fsp3) is 0.238. The van der Waals surface area contributed by atoms with E-state index < -0.39 is 0 Å². The van der Waals surface area contributed by atoms with E-state index >= 15 is 0 Å². The summed E-state index contributed by atoms with van der Waals surface area (Å²) in [6.07, 6.45) is 0. The van der Waals surface area contributed by atoms with E-state index in [4.69, 9.17) is 4.98 Å². The summed E-state index contributed by atoms with van der Waals surface area (Å²) in [5.41, 5.74) is 3.82. The Morgan fingerprint density at radius 3 is 2.46 bits per heavy atom. The number of fused-ring (bicyclic) bond motifs is 1. The number of anilines is 1. The molecule has 0 unspecified atom stereocenters. The van der Waals surface area contributed by atoms with Crippen LogP contribution in [0.1, 0.15) is 26.3 Å². The number of para-hydroxylation sites is 1. The van der Waals surface area contributed by atoms with Crippen molar-refractivity contribution in [3.05, 3.63) is 60.2 Å². The number of pyridine rings is 1. The van der Waals surface area contributed by atoms with Crippen molar-refractivity contribution in [2.75, 3.05) is 11.9 Å². The Morgan fingerprint density at radius 2 is 1.79 bits per heavy atom. The Bertz CT molecular complexity index is 900. The number of hydrogen-bond donors (Lipinski definition) is 1. The van der Waals surface area contributed by atoms with Crippen molar-refractivity contribution in [2.45, 2.75) is 20.8 Å². The van der Waals surface area contributed by atoms with Crippen LogP contribution in [0.4, 0.5) is 5.82 Å². The monoisotopic (exact) mass is 315 g/mol. The molecule has 1 aromatic heterocycles. The first-order valence-corrected chi connectivity index (χ1v) is 8.11. The minimum atomic E-state index is 0.113. The van der Waals surface area contributed by atoms with E-state index in [1.54, 1.807) is 0 Å². The van der Waals surface area contributed by atoms with E-state index in [9.17, 15) is 5.26 Å². The lowest BCUT2D eigenvalue weighted by Gasteiger charge is -2.20. The summed E-state index contributed by atoms with van der Waals surface area (Å²) >= 11 is 0. The van der Waals surface area contributed by atoms with Crippen molar-refractivity contribution in [1.82, 2.24) is 4.98 Å². The molecule has 0 saturated heterocycles. The highest BCUT2D eigenvalue weighted by Crippen LogP contribution is 2.30. The first-order chi connectivity index (χ1) is 11.5. The number of nitrogens with zero attached hydrogens (tertiary/aromatic N) is 2. The van der Waals surface area contributed by atoms with Crippen LogP contribution in [0.3, 0.4) is 0 Å². The van der Waals surface area contributed by atoms with E-state index in [0.29, 0.717) is 11.4 Å². The van der Waals surface area contributed by atoms with Crippen LogP contribution in [0.2, 0.25) is 0 Å². The van der Waals surface area contributed by atoms with E-state index in [0.717, 1.165) is 28.6 Å². The van der Waals surface area contributed by atoms with Crippen LogP contribution in [0, 0.1) is 16.7 Å². The number of hydrogen-bond acceptors (Lipinski definition) is 3. The molecule has 0 saturated carbocycles. The van der Waals surface area contributed by atoms with Gasteiger partial charge < -0.3 is 5.32 Å². The first-order valence-electron chi connectivity index (χ1n) is 8.11. The van der Waals surface area contributed by atoms with Crippen molar-refractivity contribution in [1.29, 1.82) is 5.26 Å². The Labute approximate surface area is 143 Å². The molecule has 0 bridgehead atoms. The van der Waals surface area contributed by atoms with Gasteiger partial charge in [0.25, 0.3) is 0 Å². The molecule has 3 heteroatoms. The summed E-state index contributed by atoms with van der Waals surface area (Å²) in [5, 5.41) is 13.8. The summed E-state index contributed by atoms with van der Waals surface area (Å²) in [7, 11) is 0. The van der Waals surface area contributed by atoms with Crippen LogP contribution in [-0.2, 0) is 0 Å². The molecular formula is C21H21N3. The lowest BCUT2D eigenvalue weighted by Crippen LogP contribution is -2.20. The second-order valence-electron chi connectivity index (χ2n) is 7.15. The molecule has 24 heavy (non-hydrogen) atoms. The van der Waals surface area contributed by atoms with E-state index in [-0.39, 0.29) is 5.41 Å². The molecule has 0 spiro atoms. The summed E-state index contributed by atoms with van der Waals surface area (Å²) in [6.45, 7) is 7.22. The average molecular weight is 315 g/mol. The Kier molecular flexibility index (Phi) is 4.22. The number of nitriles is 1. The van der Waals surface area contributed by atoms with E-state index in [1.165, 1.54) is 0 Å². The van der Waals surface area contributed by atoms with Crippen molar-refractivity contribution in [3.8, 4) is 17.2 Å². The molecule has 0 fully saturated rings. The van der Waals surface area contributed by atoms with E-state index in [2.05, 4.69) is 50.4 Å². The van der Waals surface area contributed by atoms with Gasteiger partial charge in [0.2, 0.25) is 0 Å². The van der Waals surface area contributed by atoms with Crippen LogP contribution in [0.5, 0.6) is 0 Å². The zero-order chi connectivity index (χ0) is 17.2. The van der Waals surface area contributed by atoms with Crippen LogP contribution < -0.4 is 5.32 Å². The largest absolute Gasteiger partial charge is 0.368 e. The fourth-order valence-corrected chi connectivity index (χ4v) is 2.62. The molecule has 3 rings (SSSR count). The molecule has 3 aromatic rings. The molecule has 1 heterocycles. The van der Waals surface area contributed by atoms with Gasteiger partial charge in [-0.3, -0.25) is 0 Å². The Balaban J connectivity index is 2.14. The fourth-order valence-electron chi connectivity index (χ4n) is 2.62. The van der Waals surface area contributed by atoms with Crippen LogP contribution >= 0.6 is 0 Å². The highest BCUT2D eigenvalue weighted by atomic mass is 15.0. The second-order valence-corrected chi connectivity index (χ2v) is 7.15. The minimum Gasteiger partial charge on any atom is -0.368 e. The maximum atomic E-state index is 9.46. The standard InChI is InChI=1S/C21H21N3/c1-21(2,3)14-23-20-17(13-22)12-16-10-7-11-18(19(16)24-20)15-8-5-4-6-9-15/h4-12H,14H2,1-3H3,(H,23,24). The van der Waals surface area contributed by atoms with Crippen LogP contribution in [-0.4, -0.2) is 11.5 Å². The zero-order valence-corrected chi connectivity index (χ0v) is 14.3. The predicted octanol–water partition coefficient (Wildman–Crippen LogP) is 5.23. The lowest BCUT2D eigenvalue weighted by molar-refractivity contribution is 0.442. The number of nitrogens with one attached hydrogen (secondary N) is 1. The van der Waals surface area contributed by atoms with Gasteiger partial charge in [0, 0.05) is 17.5 Å². The summed E-state index contributed by atoms with van der Waals surface area (Å²) < 4.78 is 0. The molecule has 2 aromatic carbocycles. The smallest absolute Gasteiger partial charge is 0.144 e. The van der Waals surface area contributed by atoms with Gasteiger partial charge in [-0.05, 0) is 17.0 Å². The highest BCUT2D eigenvalue weighted by Gasteiger charge is 2.14. The summed E-state index contributed by atoms with van der Waals surface area (Å²) in [4.78, 5) is 4.79. The minimum absolute atomic E-state index is 0.113. The maximum Gasteiger partial charge on any atom is 0.144 e. The normalized spacial score (nSPS) is 11.2. The number of aromatic nitrogens is 1. The Morgan fingerprint density at radius 1 is 1.04 bits per heavy atom. The molecule has 120 valence electrons. The van der Waals surface area contributed by atoms with Crippen molar-refractivity contribution in [3.63, 3.8) is 0 Å². The van der Waals surface area contributed by atoms with Crippen molar-refractivity contribution >= 4 is 16.7 Å². The third kappa shape index (κ3) is 3.38. The predicted molar refractivity (Wildman–Crippen MR) is 99.8 cm³/mol. The molecule has 0 radical (unpaired) electrons. The number of benzene rings is 2. The average Bonchev–Trinajstić information content (AvgIpc) is 2.58. The quantitative estimate of drug-likeness (QED) is 0.720. The van der Waals surface area contributed by atoms with Gasteiger partial charge in [-0.15, -0.1) is 0 Å². The number of rotatable bonds is 3. The molecular weight excluding hydrogens is 294 g/mol. The van der Waals surface area contributed by atoms with Gasteiger partial charge in [0.15, 0.2) is 0 Å². The van der Waals surface area contributed by atoms with Gasteiger partial charge in [-0.25, -0.2) is 4.98 Å².